The van der Waals surface area contributed by atoms with Crippen molar-refractivity contribution in [1.29, 1.82) is 0 Å². The van der Waals surface area contributed by atoms with Gasteiger partial charge in [-0.3, -0.25) is 4.90 Å². The number of fused-ring (bicyclic) bond motifs is 1. The minimum atomic E-state index is -2.12. The minimum Gasteiger partial charge on any atom is -0.463 e. The van der Waals surface area contributed by atoms with E-state index < -0.39 is 28.3 Å². The van der Waals surface area contributed by atoms with E-state index >= 15 is 0 Å². The molecule has 202 valence electrons. The van der Waals surface area contributed by atoms with Crippen molar-refractivity contribution >= 4 is 28.6 Å². The van der Waals surface area contributed by atoms with Crippen molar-refractivity contribution in [2.45, 2.75) is 111 Å². The SMILES string of the molecule is C/C=C(\C)C(=O)O[C@H]1CCN2CC[C@H](COC(=O)[C@](O[Si](C)(C)C)(C(C)C)[C@H](C)O[Si](C)(C)C)[C@H]12. The summed E-state index contributed by atoms with van der Waals surface area (Å²) in [5, 5.41) is 0. The Morgan fingerprint density at radius 3 is 2.14 bits per heavy atom. The van der Waals surface area contributed by atoms with Crippen LogP contribution < -0.4 is 0 Å². The molecule has 2 aliphatic rings. The molecule has 0 amide bonds. The van der Waals surface area contributed by atoms with Crippen molar-refractivity contribution in [3.05, 3.63) is 11.6 Å². The second-order valence-corrected chi connectivity index (χ2v) is 21.3. The molecule has 2 aliphatic heterocycles. The average Bonchev–Trinajstić information content (AvgIpc) is 3.30. The molecule has 2 rings (SSSR count). The molecule has 0 aromatic carbocycles. The van der Waals surface area contributed by atoms with Crippen LogP contribution in [0.5, 0.6) is 0 Å². The predicted octanol–water partition coefficient (Wildman–Crippen LogP) is 4.99. The molecule has 9 heteroatoms. The zero-order valence-corrected chi connectivity index (χ0v) is 25.9. The average molecular weight is 528 g/mol. The van der Waals surface area contributed by atoms with Crippen LogP contribution in [0.4, 0.5) is 0 Å². The summed E-state index contributed by atoms with van der Waals surface area (Å²) >= 11 is 0. The van der Waals surface area contributed by atoms with Crippen LogP contribution in [-0.4, -0.2) is 77.0 Å². The highest BCUT2D eigenvalue weighted by Gasteiger charge is 2.54. The van der Waals surface area contributed by atoms with E-state index in [0.29, 0.717) is 12.2 Å². The van der Waals surface area contributed by atoms with Crippen molar-refractivity contribution < 1.29 is 27.9 Å². The molecule has 2 fully saturated rings. The maximum absolute atomic E-state index is 13.9. The number of hydrogen-bond donors (Lipinski definition) is 0. The van der Waals surface area contributed by atoms with Gasteiger partial charge in [0, 0.05) is 18.0 Å². The molecular formula is C26H49NO6Si2. The highest BCUT2D eigenvalue weighted by molar-refractivity contribution is 6.70. The van der Waals surface area contributed by atoms with Gasteiger partial charge in [-0.2, -0.15) is 0 Å². The van der Waals surface area contributed by atoms with Gasteiger partial charge in [-0.1, -0.05) is 19.9 Å². The molecule has 0 aromatic heterocycles. The Morgan fingerprint density at radius 2 is 1.63 bits per heavy atom. The van der Waals surface area contributed by atoms with Gasteiger partial charge in [0.15, 0.2) is 22.2 Å². The molecular weight excluding hydrogens is 478 g/mol. The van der Waals surface area contributed by atoms with Crippen molar-refractivity contribution in [3.63, 3.8) is 0 Å². The number of carbonyl (C=O) groups excluding carboxylic acids is 2. The van der Waals surface area contributed by atoms with E-state index in [1.165, 1.54) is 0 Å². The topological polar surface area (TPSA) is 74.3 Å². The van der Waals surface area contributed by atoms with E-state index in [1.54, 1.807) is 13.0 Å². The van der Waals surface area contributed by atoms with Crippen molar-refractivity contribution in [2.75, 3.05) is 19.7 Å². The molecule has 0 radical (unpaired) electrons. The molecule has 35 heavy (non-hydrogen) atoms. The maximum atomic E-state index is 13.9. The highest BCUT2D eigenvalue weighted by Crippen LogP contribution is 2.38. The van der Waals surface area contributed by atoms with Crippen LogP contribution in [0.15, 0.2) is 11.6 Å². The van der Waals surface area contributed by atoms with E-state index in [0.717, 1.165) is 25.9 Å². The van der Waals surface area contributed by atoms with Gasteiger partial charge in [-0.05, 0) is 85.4 Å². The van der Waals surface area contributed by atoms with Crippen LogP contribution in [0.3, 0.4) is 0 Å². The summed E-state index contributed by atoms with van der Waals surface area (Å²) in [6, 6.07) is 0.0819. The van der Waals surface area contributed by atoms with Crippen LogP contribution in [-0.2, 0) is 27.9 Å². The summed E-state index contributed by atoms with van der Waals surface area (Å²) in [6.07, 6.45) is 2.91. The number of rotatable bonds is 11. The van der Waals surface area contributed by atoms with E-state index in [4.69, 9.17) is 18.3 Å². The third-order valence-corrected chi connectivity index (χ3v) is 9.01. The lowest BCUT2D eigenvalue weighted by molar-refractivity contribution is -0.181. The minimum absolute atomic E-state index is 0.0819. The number of nitrogens with zero attached hydrogens (tertiary/aromatic N) is 1. The Bertz CT molecular complexity index is 788. The van der Waals surface area contributed by atoms with Crippen LogP contribution in [0, 0.1) is 11.8 Å². The highest BCUT2D eigenvalue weighted by atomic mass is 28.4. The Morgan fingerprint density at radius 1 is 1.03 bits per heavy atom. The summed E-state index contributed by atoms with van der Waals surface area (Å²) in [5.41, 5.74) is -0.542. The fourth-order valence-corrected chi connectivity index (χ4v) is 8.14. The molecule has 0 spiro atoms. The van der Waals surface area contributed by atoms with Crippen LogP contribution in [0.25, 0.3) is 0 Å². The smallest absolute Gasteiger partial charge is 0.340 e. The molecule has 0 aromatic rings. The monoisotopic (exact) mass is 527 g/mol. The lowest BCUT2D eigenvalue weighted by Gasteiger charge is -2.45. The Hall–Kier alpha value is -1.01. The Labute approximate surface area is 215 Å². The first-order chi connectivity index (χ1) is 16.0. The van der Waals surface area contributed by atoms with Gasteiger partial charge in [-0.25, -0.2) is 9.59 Å². The number of esters is 2. The molecule has 0 bridgehead atoms. The molecule has 2 heterocycles. The summed E-state index contributed by atoms with van der Waals surface area (Å²) < 4.78 is 25.0. The standard InChI is InChI=1S/C26H49NO6Si2/c1-12-19(4)24(28)31-22-14-16-27-15-13-21(23(22)27)17-30-25(29)26(18(2)3,33-35(9,10)11)20(5)32-34(6,7)8/h12,18,20-23H,13-17H2,1-11H3/b19-12+/t20-,21+,22-,23+,26-/m0/s1. The Kier molecular flexibility index (Phi) is 10.0. The van der Waals surface area contributed by atoms with Gasteiger partial charge in [0.2, 0.25) is 0 Å². The van der Waals surface area contributed by atoms with Crippen molar-refractivity contribution in [1.82, 2.24) is 4.90 Å². The summed E-state index contributed by atoms with van der Waals surface area (Å²) in [5.74, 6) is -0.593. The third-order valence-electron chi connectivity index (χ3n) is 7.00. The van der Waals surface area contributed by atoms with E-state index in [2.05, 4.69) is 44.2 Å². The number of hydrogen-bond acceptors (Lipinski definition) is 7. The second kappa shape index (κ2) is 11.6. The second-order valence-electron chi connectivity index (χ2n) is 12.4. The van der Waals surface area contributed by atoms with Gasteiger partial charge < -0.3 is 18.3 Å². The third kappa shape index (κ3) is 7.50. The molecule has 2 saturated heterocycles. The summed E-state index contributed by atoms with van der Waals surface area (Å²) in [4.78, 5) is 28.6. The lowest BCUT2D eigenvalue weighted by atomic mass is 9.85. The lowest BCUT2D eigenvalue weighted by Crippen LogP contribution is -2.62. The first kappa shape index (κ1) is 30.2. The Balaban J connectivity index is 2.21. The first-order valence-electron chi connectivity index (χ1n) is 13.1. The summed E-state index contributed by atoms with van der Waals surface area (Å²) in [7, 11) is -4.05. The van der Waals surface area contributed by atoms with Gasteiger partial charge in [0.1, 0.15) is 6.10 Å². The number of carbonyl (C=O) groups is 2. The van der Waals surface area contributed by atoms with Gasteiger partial charge in [0.25, 0.3) is 0 Å². The molecule has 7 nitrogen and oxygen atoms in total. The van der Waals surface area contributed by atoms with E-state index in [1.807, 2.05) is 27.7 Å². The zero-order chi connectivity index (χ0) is 26.8. The largest absolute Gasteiger partial charge is 0.463 e. The molecule has 5 atom stereocenters. The van der Waals surface area contributed by atoms with Crippen molar-refractivity contribution in [3.8, 4) is 0 Å². The number of ether oxygens (including phenoxy) is 2. The van der Waals surface area contributed by atoms with E-state index in [9.17, 15) is 9.59 Å². The van der Waals surface area contributed by atoms with E-state index in [-0.39, 0.29) is 35.9 Å². The molecule has 0 aliphatic carbocycles. The molecule has 0 unspecified atom stereocenters. The van der Waals surface area contributed by atoms with Gasteiger partial charge >= 0.3 is 11.9 Å². The van der Waals surface area contributed by atoms with Gasteiger partial charge in [0.05, 0.1) is 18.8 Å². The van der Waals surface area contributed by atoms with Gasteiger partial charge in [-0.15, -0.1) is 0 Å². The quantitative estimate of drug-likeness (QED) is 0.213. The predicted molar refractivity (Wildman–Crippen MR) is 144 cm³/mol. The zero-order valence-electron chi connectivity index (χ0n) is 23.9. The molecule has 0 saturated carbocycles. The summed E-state index contributed by atoms with van der Waals surface area (Å²) in [6.45, 7) is 24.4. The van der Waals surface area contributed by atoms with Crippen LogP contribution in [0.2, 0.25) is 39.3 Å². The first-order valence-corrected chi connectivity index (χ1v) is 20.0. The maximum Gasteiger partial charge on any atom is 0.340 e. The fraction of sp³-hybridized carbons (Fsp3) is 0.846. The fourth-order valence-electron chi connectivity index (χ4n) is 5.41. The van der Waals surface area contributed by atoms with Crippen LogP contribution in [0.1, 0.15) is 47.5 Å². The normalized spacial score (nSPS) is 26.4. The number of allylic oxidation sites excluding steroid dienone is 1. The van der Waals surface area contributed by atoms with Crippen LogP contribution >= 0.6 is 0 Å². The van der Waals surface area contributed by atoms with Crippen molar-refractivity contribution in [2.24, 2.45) is 11.8 Å². The molecule has 0 N–H and O–H groups in total.